The minimum atomic E-state index is -0.304. The lowest BCUT2D eigenvalue weighted by Gasteiger charge is -2.08. The van der Waals surface area contributed by atoms with Crippen molar-refractivity contribution in [2.75, 3.05) is 12.3 Å². The lowest BCUT2D eigenvalue weighted by Crippen LogP contribution is -2.02. The number of nitrogens with zero attached hydrogens (tertiary/aromatic N) is 2. The van der Waals surface area contributed by atoms with Gasteiger partial charge in [-0.05, 0) is 30.7 Å². The molecule has 0 aliphatic heterocycles. The molecule has 0 fully saturated rings. The van der Waals surface area contributed by atoms with Gasteiger partial charge in [0.25, 0.3) is 0 Å². The molecule has 0 saturated heterocycles. The van der Waals surface area contributed by atoms with Crippen LogP contribution in [0.5, 0.6) is 0 Å². The number of aliphatic hydroxyl groups is 1. The lowest BCUT2D eigenvalue weighted by atomic mass is 10.2. The van der Waals surface area contributed by atoms with E-state index in [-0.39, 0.29) is 12.4 Å². The van der Waals surface area contributed by atoms with E-state index >= 15 is 0 Å². The Morgan fingerprint density at radius 3 is 2.76 bits per heavy atom. The summed E-state index contributed by atoms with van der Waals surface area (Å²) < 4.78 is 15.4. The fraction of sp³-hybridized carbons (Fsp3) is 0.188. The van der Waals surface area contributed by atoms with Gasteiger partial charge in [-0.25, -0.2) is 9.37 Å². The highest BCUT2D eigenvalue weighted by atomic mass is 19.1. The Bertz CT molecular complexity index is 782. The smallest absolute Gasteiger partial charge is 0.141 e. The molecule has 0 bridgehead atoms. The number of fused-ring (bicyclic) bond motifs is 1. The number of anilines is 1. The molecular weight excluding hydrogens is 269 g/mol. The molecule has 2 aromatic carbocycles. The summed E-state index contributed by atoms with van der Waals surface area (Å²) in [6, 6.07) is 11.9. The van der Waals surface area contributed by atoms with Crippen LogP contribution in [0, 0.1) is 5.82 Å². The summed E-state index contributed by atoms with van der Waals surface area (Å²) in [5.74, 6) is 0.358. The maximum absolute atomic E-state index is 13.5. The number of aromatic nitrogens is 2. The predicted molar refractivity (Wildman–Crippen MR) is 81.2 cm³/mol. The van der Waals surface area contributed by atoms with Crippen molar-refractivity contribution in [3.05, 3.63) is 48.3 Å². The molecule has 0 atom stereocenters. The quantitative estimate of drug-likeness (QED) is 0.724. The van der Waals surface area contributed by atoms with Crippen LogP contribution in [0.1, 0.15) is 6.42 Å². The van der Waals surface area contributed by atoms with E-state index < -0.39 is 0 Å². The minimum Gasteiger partial charge on any atom is -0.397 e. The monoisotopic (exact) mass is 285 g/mol. The second kappa shape index (κ2) is 5.54. The Kier molecular flexibility index (Phi) is 3.58. The number of aliphatic hydroxyl groups excluding tert-OH is 1. The van der Waals surface area contributed by atoms with Gasteiger partial charge in [0.1, 0.15) is 17.2 Å². The van der Waals surface area contributed by atoms with Gasteiger partial charge in [0.05, 0.1) is 11.2 Å². The molecule has 0 saturated carbocycles. The fourth-order valence-electron chi connectivity index (χ4n) is 2.47. The van der Waals surface area contributed by atoms with Crippen molar-refractivity contribution in [1.82, 2.24) is 9.55 Å². The van der Waals surface area contributed by atoms with Crippen molar-refractivity contribution in [3.8, 4) is 11.4 Å². The molecule has 0 radical (unpaired) electrons. The highest BCUT2D eigenvalue weighted by Crippen LogP contribution is 2.28. The maximum atomic E-state index is 13.5. The van der Waals surface area contributed by atoms with Crippen LogP contribution in [0.2, 0.25) is 0 Å². The standard InChI is InChI=1S/C16H16FN3O/c17-12-5-1-4-11(10-12)16-19-15-13(18)6-2-7-14(15)20(16)8-3-9-21/h1-2,4-7,10,21H,3,8-9,18H2. The molecular formula is C16H16FN3O. The Morgan fingerprint density at radius 1 is 1.19 bits per heavy atom. The van der Waals surface area contributed by atoms with Gasteiger partial charge >= 0.3 is 0 Å². The van der Waals surface area contributed by atoms with Crippen LogP contribution in [-0.2, 0) is 6.54 Å². The third-order valence-electron chi connectivity index (χ3n) is 3.43. The molecule has 108 valence electrons. The molecule has 4 nitrogen and oxygen atoms in total. The number of para-hydroxylation sites is 1. The predicted octanol–water partition coefficient (Wildman–Crippen LogP) is 2.81. The van der Waals surface area contributed by atoms with Crippen LogP contribution < -0.4 is 5.73 Å². The van der Waals surface area contributed by atoms with Crippen molar-refractivity contribution >= 4 is 16.7 Å². The summed E-state index contributed by atoms with van der Waals surface area (Å²) in [6.07, 6.45) is 0.600. The second-order valence-electron chi connectivity index (χ2n) is 4.89. The average molecular weight is 285 g/mol. The van der Waals surface area contributed by atoms with Gasteiger partial charge in [-0.1, -0.05) is 18.2 Å². The Labute approximate surface area is 121 Å². The van der Waals surface area contributed by atoms with Gasteiger partial charge in [0, 0.05) is 18.7 Å². The first-order valence-electron chi connectivity index (χ1n) is 6.82. The van der Waals surface area contributed by atoms with Gasteiger partial charge < -0.3 is 15.4 Å². The maximum Gasteiger partial charge on any atom is 0.141 e. The van der Waals surface area contributed by atoms with Crippen LogP contribution in [0.4, 0.5) is 10.1 Å². The van der Waals surface area contributed by atoms with E-state index in [2.05, 4.69) is 4.98 Å². The zero-order valence-electron chi connectivity index (χ0n) is 11.5. The van der Waals surface area contributed by atoms with Crippen molar-refractivity contribution < 1.29 is 9.50 Å². The van der Waals surface area contributed by atoms with Crippen molar-refractivity contribution in [2.45, 2.75) is 13.0 Å². The summed E-state index contributed by atoms with van der Waals surface area (Å²) in [6.45, 7) is 0.687. The number of aryl methyl sites for hydroxylation is 1. The van der Waals surface area contributed by atoms with Crippen LogP contribution in [-0.4, -0.2) is 21.3 Å². The van der Waals surface area contributed by atoms with Gasteiger partial charge in [0.15, 0.2) is 0 Å². The first-order chi connectivity index (χ1) is 10.2. The summed E-state index contributed by atoms with van der Waals surface area (Å²) in [5.41, 5.74) is 8.86. The summed E-state index contributed by atoms with van der Waals surface area (Å²) in [7, 11) is 0. The molecule has 3 N–H and O–H groups in total. The SMILES string of the molecule is Nc1cccc2c1nc(-c1cccc(F)c1)n2CCCO. The van der Waals surface area contributed by atoms with E-state index in [1.54, 1.807) is 12.1 Å². The zero-order chi connectivity index (χ0) is 14.8. The third-order valence-corrected chi connectivity index (χ3v) is 3.43. The van der Waals surface area contributed by atoms with Crippen molar-refractivity contribution in [2.24, 2.45) is 0 Å². The number of hydrogen-bond acceptors (Lipinski definition) is 3. The van der Waals surface area contributed by atoms with E-state index in [4.69, 9.17) is 10.8 Å². The minimum absolute atomic E-state index is 0.0879. The van der Waals surface area contributed by atoms with Crippen LogP contribution >= 0.6 is 0 Å². The summed E-state index contributed by atoms with van der Waals surface area (Å²) in [4.78, 5) is 4.57. The van der Waals surface area contributed by atoms with E-state index in [0.29, 0.717) is 35.6 Å². The number of nitrogen functional groups attached to an aromatic ring is 1. The molecule has 5 heteroatoms. The number of imidazole rings is 1. The average Bonchev–Trinajstić information content (AvgIpc) is 2.85. The van der Waals surface area contributed by atoms with E-state index in [1.165, 1.54) is 12.1 Å². The molecule has 1 aromatic heterocycles. The van der Waals surface area contributed by atoms with E-state index in [1.807, 2.05) is 22.8 Å². The van der Waals surface area contributed by atoms with E-state index in [0.717, 1.165) is 5.52 Å². The van der Waals surface area contributed by atoms with Crippen LogP contribution in [0.3, 0.4) is 0 Å². The van der Waals surface area contributed by atoms with Crippen LogP contribution in [0.25, 0.3) is 22.4 Å². The number of halogens is 1. The van der Waals surface area contributed by atoms with E-state index in [9.17, 15) is 4.39 Å². The van der Waals surface area contributed by atoms with Gasteiger partial charge in [-0.3, -0.25) is 0 Å². The Morgan fingerprint density at radius 2 is 2.00 bits per heavy atom. The first-order valence-corrected chi connectivity index (χ1v) is 6.82. The topological polar surface area (TPSA) is 64.1 Å². The molecule has 0 aliphatic carbocycles. The molecule has 3 rings (SSSR count). The van der Waals surface area contributed by atoms with Gasteiger partial charge in [-0.15, -0.1) is 0 Å². The number of benzene rings is 2. The third kappa shape index (κ3) is 2.48. The van der Waals surface area contributed by atoms with Crippen LogP contribution in [0.15, 0.2) is 42.5 Å². The lowest BCUT2D eigenvalue weighted by molar-refractivity contribution is 0.281. The Hall–Kier alpha value is -2.40. The molecule has 0 aliphatic rings. The molecule has 0 spiro atoms. The number of rotatable bonds is 4. The molecule has 1 heterocycles. The van der Waals surface area contributed by atoms with Gasteiger partial charge in [0.2, 0.25) is 0 Å². The summed E-state index contributed by atoms with van der Waals surface area (Å²) in [5, 5.41) is 9.08. The molecule has 3 aromatic rings. The molecule has 0 amide bonds. The highest BCUT2D eigenvalue weighted by Gasteiger charge is 2.14. The largest absolute Gasteiger partial charge is 0.397 e. The highest BCUT2D eigenvalue weighted by molar-refractivity contribution is 5.90. The molecule has 21 heavy (non-hydrogen) atoms. The van der Waals surface area contributed by atoms with Crippen molar-refractivity contribution in [3.63, 3.8) is 0 Å². The Balaban J connectivity index is 2.23. The van der Waals surface area contributed by atoms with Crippen molar-refractivity contribution in [1.29, 1.82) is 0 Å². The zero-order valence-corrected chi connectivity index (χ0v) is 11.5. The second-order valence-corrected chi connectivity index (χ2v) is 4.89. The number of hydrogen-bond donors (Lipinski definition) is 2. The summed E-state index contributed by atoms with van der Waals surface area (Å²) >= 11 is 0. The first kappa shape index (κ1) is 13.6. The normalized spacial score (nSPS) is 11.1. The molecule has 0 unspecified atom stereocenters. The number of nitrogens with two attached hydrogens (primary N) is 1. The van der Waals surface area contributed by atoms with Gasteiger partial charge in [-0.2, -0.15) is 0 Å². The fourth-order valence-corrected chi connectivity index (χ4v) is 2.47.